The third kappa shape index (κ3) is 2.71. The van der Waals surface area contributed by atoms with Crippen molar-refractivity contribution in [2.45, 2.75) is 38.5 Å². The van der Waals surface area contributed by atoms with E-state index >= 15 is 0 Å². The second-order valence-corrected chi connectivity index (χ2v) is 5.08. The van der Waals surface area contributed by atoms with Crippen LogP contribution in [0.15, 0.2) is 0 Å². The SMILES string of the molecule is COC(=O)C1(CCCI)CCCCC1=O. The number of carbonyl (C=O) groups is 2. The van der Waals surface area contributed by atoms with E-state index in [9.17, 15) is 9.59 Å². The Balaban J connectivity index is 2.82. The van der Waals surface area contributed by atoms with Crippen LogP contribution in [0.25, 0.3) is 0 Å². The normalized spacial score (nSPS) is 26.4. The van der Waals surface area contributed by atoms with Gasteiger partial charge in [-0.25, -0.2) is 0 Å². The number of alkyl halides is 1. The number of halogens is 1. The molecule has 0 heterocycles. The van der Waals surface area contributed by atoms with Crippen LogP contribution in [-0.4, -0.2) is 23.3 Å². The third-order valence-corrected chi connectivity index (χ3v) is 3.87. The molecule has 0 aliphatic heterocycles. The summed E-state index contributed by atoms with van der Waals surface area (Å²) < 4.78 is 5.77. The molecule has 1 aliphatic rings. The van der Waals surface area contributed by atoms with Gasteiger partial charge in [0.25, 0.3) is 0 Å². The first-order valence-electron chi connectivity index (χ1n) is 5.35. The van der Waals surface area contributed by atoms with Crippen molar-refractivity contribution in [3.63, 3.8) is 0 Å². The minimum atomic E-state index is -0.807. The number of hydrogen-bond donors (Lipinski definition) is 0. The molecule has 86 valence electrons. The highest BCUT2D eigenvalue weighted by Gasteiger charge is 2.46. The highest BCUT2D eigenvalue weighted by molar-refractivity contribution is 14.1. The van der Waals surface area contributed by atoms with Gasteiger partial charge in [-0.2, -0.15) is 0 Å². The van der Waals surface area contributed by atoms with Crippen molar-refractivity contribution in [1.82, 2.24) is 0 Å². The van der Waals surface area contributed by atoms with E-state index in [1.807, 2.05) is 0 Å². The first-order valence-corrected chi connectivity index (χ1v) is 6.87. The minimum absolute atomic E-state index is 0.0884. The molecule has 0 aromatic carbocycles. The minimum Gasteiger partial charge on any atom is -0.468 e. The number of esters is 1. The standard InChI is InChI=1S/C11H17IO3/c1-15-10(14)11(7-4-8-12)6-3-2-5-9(11)13/h2-8H2,1H3. The number of carbonyl (C=O) groups excluding carboxylic acids is 2. The van der Waals surface area contributed by atoms with Crippen LogP contribution >= 0.6 is 22.6 Å². The van der Waals surface area contributed by atoms with Crippen molar-refractivity contribution in [3.8, 4) is 0 Å². The lowest BCUT2D eigenvalue weighted by molar-refractivity contribution is -0.160. The Hall–Kier alpha value is -0.130. The summed E-state index contributed by atoms with van der Waals surface area (Å²) in [6, 6.07) is 0. The van der Waals surface area contributed by atoms with Crippen molar-refractivity contribution < 1.29 is 14.3 Å². The number of methoxy groups -OCH3 is 1. The Morgan fingerprint density at radius 2 is 2.27 bits per heavy atom. The summed E-state index contributed by atoms with van der Waals surface area (Å²) in [5.74, 6) is -0.234. The molecular weight excluding hydrogens is 307 g/mol. The Bertz CT molecular complexity index is 242. The molecule has 15 heavy (non-hydrogen) atoms. The molecule has 0 aromatic heterocycles. The maximum absolute atomic E-state index is 11.9. The zero-order valence-electron chi connectivity index (χ0n) is 9.05. The topological polar surface area (TPSA) is 43.4 Å². The lowest BCUT2D eigenvalue weighted by Crippen LogP contribution is -2.42. The number of Topliss-reactive ketones (excluding diaryl/α,β-unsaturated/α-hetero) is 1. The Morgan fingerprint density at radius 3 is 2.80 bits per heavy atom. The zero-order chi connectivity index (χ0) is 11.3. The predicted octanol–water partition coefficient (Wildman–Crippen LogP) is 2.50. The number of rotatable bonds is 4. The maximum atomic E-state index is 11.9. The highest BCUT2D eigenvalue weighted by Crippen LogP contribution is 2.38. The first-order chi connectivity index (χ1) is 7.17. The molecule has 1 rings (SSSR count). The summed E-state index contributed by atoms with van der Waals surface area (Å²) >= 11 is 2.27. The van der Waals surface area contributed by atoms with Gasteiger partial charge in [-0.05, 0) is 30.1 Å². The summed E-state index contributed by atoms with van der Waals surface area (Å²) in [5.41, 5.74) is -0.807. The Kier molecular flexibility index (Phi) is 5.02. The largest absolute Gasteiger partial charge is 0.468 e. The van der Waals surface area contributed by atoms with Crippen molar-refractivity contribution in [1.29, 1.82) is 0 Å². The van der Waals surface area contributed by atoms with Crippen LogP contribution in [0.3, 0.4) is 0 Å². The van der Waals surface area contributed by atoms with Crippen LogP contribution in [0, 0.1) is 5.41 Å². The van der Waals surface area contributed by atoms with Gasteiger partial charge in [-0.15, -0.1) is 0 Å². The summed E-state index contributed by atoms with van der Waals surface area (Å²) in [4.78, 5) is 23.7. The quantitative estimate of drug-likeness (QED) is 0.345. The average molecular weight is 324 g/mol. The highest BCUT2D eigenvalue weighted by atomic mass is 127. The monoisotopic (exact) mass is 324 g/mol. The molecule has 0 saturated heterocycles. The van der Waals surface area contributed by atoms with E-state index in [-0.39, 0.29) is 11.8 Å². The van der Waals surface area contributed by atoms with E-state index in [4.69, 9.17) is 4.74 Å². The van der Waals surface area contributed by atoms with Crippen LogP contribution in [0.5, 0.6) is 0 Å². The molecule has 1 unspecified atom stereocenters. The molecule has 1 fully saturated rings. The average Bonchev–Trinajstić information content (AvgIpc) is 2.27. The summed E-state index contributed by atoms with van der Waals surface area (Å²) in [6.07, 6.45) is 4.65. The van der Waals surface area contributed by atoms with Gasteiger partial charge in [-0.3, -0.25) is 9.59 Å². The number of ether oxygens (including phenoxy) is 1. The van der Waals surface area contributed by atoms with E-state index in [2.05, 4.69) is 22.6 Å². The van der Waals surface area contributed by atoms with E-state index in [0.717, 1.165) is 23.7 Å². The van der Waals surface area contributed by atoms with Crippen LogP contribution in [0.4, 0.5) is 0 Å². The van der Waals surface area contributed by atoms with Gasteiger partial charge in [0.2, 0.25) is 0 Å². The summed E-state index contributed by atoms with van der Waals surface area (Å²) in [6.45, 7) is 0. The second-order valence-electron chi connectivity index (χ2n) is 4.00. The van der Waals surface area contributed by atoms with Gasteiger partial charge in [-0.1, -0.05) is 29.0 Å². The van der Waals surface area contributed by atoms with Gasteiger partial charge in [0, 0.05) is 6.42 Å². The molecule has 3 nitrogen and oxygen atoms in total. The van der Waals surface area contributed by atoms with Crippen LogP contribution < -0.4 is 0 Å². The maximum Gasteiger partial charge on any atom is 0.319 e. The molecule has 1 atom stereocenters. The summed E-state index contributed by atoms with van der Waals surface area (Å²) in [7, 11) is 1.37. The molecular formula is C11H17IO3. The van der Waals surface area contributed by atoms with Crippen LogP contribution in [-0.2, 0) is 14.3 Å². The smallest absolute Gasteiger partial charge is 0.319 e. The molecule has 0 radical (unpaired) electrons. The van der Waals surface area contributed by atoms with Gasteiger partial charge >= 0.3 is 5.97 Å². The fourth-order valence-electron chi connectivity index (χ4n) is 2.24. The van der Waals surface area contributed by atoms with Gasteiger partial charge < -0.3 is 4.74 Å². The zero-order valence-corrected chi connectivity index (χ0v) is 11.2. The molecule has 0 amide bonds. The number of ketones is 1. The third-order valence-electron chi connectivity index (χ3n) is 3.10. The lowest BCUT2D eigenvalue weighted by atomic mass is 9.70. The molecule has 0 aromatic rings. The molecule has 1 saturated carbocycles. The molecule has 0 N–H and O–H groups in total. The Labute approximate surface area is 104 Å². The second kappa shape index (κ2) is 5.82. The van der Waals surface area contributed by atoms with E-state index in [0.29, 0.717) is 19.3 Å². The van der Waals surface area contributed by atoms with E-state index < -0.39 is 5.41 Å². The fraction of sp³-hybridized carbons (Fsp3) is 0.818. The van der Waals surface area contributed by atoms with Crippen molar-refractivity contribution >= 4 is 34.3 Å². The van der Waals surface area contributed by atoms with E-state index in [1.165, 1.54) is 7.11 Å². The van der Waals surface area contributed by atoms with Crippen molar-refractivity contribution in [2.24, 2.45) is 5.41 Å². The first kappa shape index (κ1) is 12.9. The summed E-state index contributed by atoms with van der Waals surface area (Å²) in [5, 5.41) is 0. The van der Waals surface area contributed by atoms with Crippen LogP contribution in [0.1, 0.15) is 38.5 Å². The predicted molar refractivity (Wildman–Crippen MR) is 66.0 cm³/mol. The van der Waals surface area contributed by atoms with Crippen LogP contribution in [0.2, 0.25) is 0 Å². The van der Waals surface area contributed by atoms with Crippen molar-refractivity contribution in [2.75, 3.05) is 11.5 Å². The molecule has 0 bridgehead atoms. The lowest BCUT2D eigenvalue weighted by Gasteiger charge is -2.32. The van der Waals surface area contributed by atoms with Gasteiger partial charge in [0.15, 0.2) is 0 Å². The van der Waals surface area contributed by atoms with Gasteiger partial charge in [0.05, 0.1) is 7.11 Å². The fourth-order valence-corrected chi connectivity index (χ4v) is 2.62. The number of hydrogen-bond acceptors (Lipinski definition) is 3. The molecule has 4 heteroatoms. The van der Waals surface area contributed by atoms with E-state index in [1.54, 1.807) is 0 Å². The van der Waals surface area contributed by atoms with Gasteiger partial charge in [0.1, 0.15) is 11.2 Å². The Morgan fingerprint density at radius 1 is 1.53 bits per heavy atom. The molecule has 1 aliphatic carbocycles. The van der Waals surface area contributed by atoms with Crippen molar-refractivity contribution in [3.05, 3.63) is 0 Å². The molecule has 0 spiro atoms.